The minimum atomic E-state index is -1.73. The van der Waals surface area contributed by atoms with E-state index in [1.165, 1.54) is 27.8 Å². The molecule has 89 heavy (non-hydrogen) atoms. The van der Waals surface area contributed by atoms with E-state index in [2.05, 4.69) is 182 Å². The first kappa shape index (κ1) is 70.2. The second-order valence-corrected chi connectivity index (χ2v) is 35.4. The van der Waals surface area contributed by atoms with Crippen LogP contribution < -0.4 is 14.0 Å². The molecular formula is C79H107O9P. The molecule has 1 aliphatic heterocycles. The van der Waals surface area contributed by atoms with Crippen molar-refractivity contribution in [2.75, 3.05) is 6.61 Å². The summed E-state index contributed by atoms with van der Waals surface area (Å²) in [5.41, 5.74) is 13.2. The fourth-order valence-corrected chi connectivity index (χ4v) is 12.5. The molecule has 1 unspecified atom stereocenters. The van der Waals surface area contributed by atoms with Crippen LogP contribution in [0, 0.1) is 6.92 Å². The van der Waals surface area contributed by atoms with Crippen molar-refractivity contribution in [3.63, 3.8) is 0 Å². The van der Waals surface area contributed by atoms with E-state index in [4.69, 9.17) is 22.4 Å². The summed E-state index contributed by atoms with van der Waals surface area (Å²) < 4.78 is 32.2. The number of phenols is 2. The van der Waals surface area contributed by atoms with E-state index in [0.717, 1.165) is 62.6 Å². The van der Waals surface area contributed by atoms with Gasteiger partial charge in [0, 0.05) is 44.2 Å². The van der Waals surface area contributed by atoms with Gasteiger partial charge in [0.15, 0.2) is 0 Å². The van der Waals surface area contributed by atoms with Gasteiger partial charge in [-0.1, -0.05) is 235 Å². The van der Waals surface area contributed by atoms with Gasteiger partial charge in [0.25, 0.3) is 0 Å². The molecular weight excluding hydrogens is 1120 g/mol. The highest BCUT2D eigenvalue weighted by Gasteiger charge is 2.39. The number of hydrogen-bond donors (Lipinski definition) is 2. The molecule has 0 amide bonds. The Balaban J connectivity index is 0.000000255. The van der Waals surface area contributed by atoms with Crippen LogP contribution in [0.2, 0.25) is 0 Å². The first-order valence-electron chi connectivity index (χ1n) is 32.0. The van der Waals surface area contributed by atoms with Crippen molar-refractivity contribution in [2.45, 2.75) is 261 Å². The highest BCUT2D eigenvalue weighted by atomic mass is 31.1. The van der Waals surface area contributed by atoms with E-state index in [1.54, 1.807) is 18.2 Å². The monoisotopic (exact) mass is 1230 g/mol. The Morgan fingerprint density at radius 3 is 1.31 bits per heavy atom. The third-order valence-electron chi connectivity index (χ3n) is 17.1. The lowest BCUT2D eigenvalue weighted by atomic mass is 9.77. The third kappa shape index (κ3) is 15.9. The Hall–Kier alpha value is -6.28. The van der Waals surface area contributed by atoms with Crippen molar-refractivity contribution < 1.29 is 42.2 Å². The number of aryl methyl sites for hydroxylation is 2. The van der Waals surface area contributed by atoms with E-state index in [9.17, 15) is 19.8 Å². The Labute approximate surface area is 535 Å². The summed E-state index contributed by atoms with van der Waals surface area (Å²) in [6.07, 6.45) is 1.65. The molecule has 0 bridgehead atoms. The second kappa shape index (κ2) is 24.4. The van der Waals surface area contributed by atoms with Gasteiger partial charge in [-0.3, -0.25) is 9.32 Å². The maximum Gasteiger partial charge on any atom is 0.387 e. The first-order valence-corrected chi connectivity index (χ1v) is 33.1. The van der Waals surface area contributed by atoms with E-state index in [-0.39, 0.29) is 43.7 Å². The number of esters is 2. The molecule has 0 fully saturated rings. The summed E-state index contributed by atoms with van der Waals surface area (Å²) in [5.74, 6) is -0.248. The maximum atomic E-state index is 13.8. The van der Waals surface area contributed by atoms with E-state index in [0.29, 0.717) is 46.1 Å². The van der Waals surface area contributed by atoms with Gasteiger partial charge >= 0.3 is 20.2 Å². The molecule has 8 rings (SSSR count). The Morgan fingerprint density at radius 1 is 0.472 bits per heavy atom. The molecule has 0 aliphatic carbocycles. The molecule has 0 saturated carbocycles. The Bertz CT molecular complexity index is 3730. The number of rotatable bonds is 8. The predicted molar refractivity (Wildman–Crippen MR) is 371 cm³/mol. The van der Waals surface area contributed by atoms with Crippen LogP contribution in [0.15, 0.2) is 93.3 Å². The summed E-state index contributed by atoms with van der Waals surface area (Å²) >= 11 is 0. The Kier molecular flexibility index (Phi) is 19.2. The van der Waals surface area contributed by atoms with Gasteiger partial charge in [-0.2, -0.15) is 0 Å². The van der Waals surface area contributed by atoms with Crippen LogP contribution in [0.25, 0.3) is 21.9 Å². The highest BCUT2D eigenvalue weighted by molar-refractivity contribution is 7.31. The van der Waals surface area contributed by atoms with Gasteiger partial charge in [0.05, 0.1) is 12.2 Å². The van der Waals surface area contributed by atoms with Crippen molar-refractivity contribution in [2.24, 2.45) is 0 Å². The van der Waals surface area contributed by atoms with Crippen molar-refractivity contribution in [1.29, 1.82) is 0 Å². The molecule has 7 aromatic rings. The topological polar surface area (TPSA) is 129 Å². The van der Waals surface area contributed by atoms with Gasteiger partial charge in [0.2, 0.25) is 0 Å². The lowest BCUT2D eigenvalue weighted by molar-refractivity contribution is -0.133. The minimum Gasteiger partial charge on any atom is -0.507 e. The number of ether oxygens (including phenoxy) is 2. The number of benzene rings is 6. The van der Waals surface area contributed by atoms with Crippen LogP contribution in [-0.4, -0.2) is 28.8 Å². The quantitative estimate of drug-likeness (QED) is 0.0868. The van der Waals surface area contributed by atoms with Gasteiger partial charge in [-0.15, -0.1) is 0 Å². The van der Waals surface area contributed by atoms with Crippen molar-refractivity contribution in [1.82, 2.24) is 0 Å². The first-order chi connectivity index (χ1) is 40.4. The van der Waals surface area contributed by atoms with Gasteiger partial charge in [0.1, 0.15) is 40.1 Å². The zero-order valence-electron chi connectivity index (χ0n) is 59.5. The molecule has 2 heterocycles. The van der Waals surface area contributed by atoms with E-state index >= 15 is 0 Å². The normalized spacial score (nSPS) is 14.6. The third-order valence-corrected chi connectivity index (χ3v) is 18.2. The smallest absolute Gasteiger partial charge is 0.387 e. The molecule has 482 valence electrons. The fourth-order valence-electron chi connectivity index (χ4n) is 11.4. The molecule has 9 nitrogen and oxygen atoms in total. The van der Waals surface area contributed by atoms with Crippen LogP contribution in [0.3, 0.4) is 0 Å². The van der Waals surface area contributed by atoms with Crippen LogP contribution >= 0.6 is 8.24 Å². The molecule has 0 saturated heterocycles. The van der Waals surface area contributed by atoms with E-state index < -0.39 is 36.9 Å². The summed E-state index contributed by atoms with van der Waals surface area (Å²) in [7, 11) is -1.73. The lowest BCUT2D eigenvalue weighted by Gasteiger charge is -2.28. The molecule has 6 aromatic carbocycles. The van der Waals surface area contributed by atoms with Crippen molar-refractivity contribution >= 4 is 42.1 Å². The number of aromatic hydroxyl groups is 2. The van der Waals surface area contributed by atoms with Crippen molar-refractivity contribution in [3.8, 4) is 23.0 Å². The molecule has 1 aliphatic rings. The highest BCUT2D eigenvalue weighted by Crippen LogP contribution is 2.49. The number of carbonyl (C=O) groups excluding carboxylic acids is 2. The van der Waals surface area contributed by atoms with Gasteiger partial charge in [-0.05, 0) is 144 Å². The summed E-state index contributed by atoms with van der Waals surface area (Å²) in [5, 5.41) is 24.0. The van der Waals surface area contributed by atoms with Gasteiger partial charge < -0.3 is 28.1 Å². The molecule has 0 radical (unpaired) electrons. The van der Waals surface area contributed by atoms with E-state index in [1.807, 2.05) is 78.8 Å². The van der Waals surface area contributed by atoms with Gasteiger partial charge in [-0.25, -0.2) is 4.79 Å². The number of carbonyl (C=O) groups is 2. The fraction of sp³-hybridized carbons (Fsp3) is 0.519. The van der Waals surface area contributed by atoms with Crippen LogP contribution in [0.4, 0.5) is 0 Å². The number of fused-ring (bicyclic) bond motifs is 4. The largest absolute Gasteiger partial charge is 0.507 e. The lowest BCUT2D eigenvalue weighted by Crippen LogP contribution is -2.21. The predicted octanol–water partition coefficient (Wildman–Crippen LogP) is 21.7. The number of hydrogen-bond acceptors (Lipinski definition) is 9. The average molecular weight is 1230 g/mol. The molecule has 1 atom stereocenters. The zero-order chi connectivity index (χ0) is 67.1. The minimum absolute atomic E-state index is 0.0441. The standard InChI is InChI=1S/C42H61O4P.C37H46O5/c1-26-20-27(21-32(35(26)43)40(8,9)10)18-17-19-44-47-45-36-30(22-28(38(2,3)4)24-33(36)41(11,12)13)31-23-29(39(5,6)7)25-34(37(31)46-47)42(14,15)16;1-34(2,3)22-13-15-28(24(19-22)30-25-20-23(35(4,5)6)14-16-29(25)42-33(30)40)41-32(39)21-17-26(36(7,8)9)31(38)27(18-21)37(10,11)12/h20-25,43H,17-19H2,1-16H3;13-20,30,38H,1-12H3. The molecule has 2 N–H and O–H groups in total. The molecule has 1 aromatic heterocycles. The summed E-state index contributed by atoms with van der Waals surface area (Å²) in [4.78, 5) is 27.2. The Morgan fingerprint density at radius 2 is 0.888 bits per heavy atom. The zero-order valence-corrected chi connectivity index (χ0v) is 60.4. The van der Waals surface area contributed by atoms with Crippen LogP contribution in [0.1, 0.15) is 282 Å². The maximum absolute atomic E-state index is 13.8. The van der Waals surface area contributed by atoms with Crippen molar-refractivity contribution in [3.05, 3.63) is 163 Å². The SMILES string of the molecule is CC(C)(C)c1ccc(OC(=O)c2cc(C(C)(C)C)c(O)c(C(C)(C)C)c2)c(C2C(=O)Oc3ccc(C(C)(C)C)cc32)c1.Cc1cc(CCCOp2oc3c(C(C)(C)C)cc(C(C)(C)C)cc3c3cc(C(C)(C)C)cc(C(C)(C)C)c3o2)cc(C(C)(C)C)c1O. The molecule has 0 spiro atoms. The average Bonchev–Trinajstić information content (AvgIpc) is 1.79. The summed E-state index contributed by atoms with van der Waals surface area (Å²) in [6, 6.07) is 28.5. The second-order valence-electron chi connectivity index (χ2n) is 34.4. The molecule has 10 heteroatoms. The summed E-state index contributed by atoms with van der Waals surface area (Å²) in [6.45, 7) is 60.8. The number of phenolic OH excluding ortho intramolecular Hbond substituents is 2. The van der Waals surface area contributed by atoms with Crippen LogP contribution in [0.5, 0.6) is 23.0 Å². The van der Waals surface area contributed by atoms with Crippen LogP contribution in [-0.2, 0) is 60.0 Å².